The van der Waals surface area contributed by atoms with Gasteiger partial charge in [0.1, 0.15) is 24.2 Å². The van der Waals surface area contributed by atoms with Crippen LogP contribution >= 0.6 is 11.6 Å². The van der Waals surface area contributed by atoms with Crippen molar-refractivity contribution in [3.8, 4) is 16.9 Å². The summed E-state index contributed by atoms with van der Waals surface area (Å²) in [4.78, 5) is 2.21. The van der Waals surface area contributed by atoms with Crippen molar-refractivity contribution in [2.75, 3.05) is 26.2 Å². The van der Waals surface area contributed by atoms with Gasteiger partial charge in [0.25, 0.3) is 0 Å². The maximum absolute atomic E-state index is 10.4. The molecule has 160 valence electrons. The molecule has 0 saturated carbocycles. The van der Waals surface area contributed by atoms with Crippen LogP contribution in [0.2, 0.25) is 5.02 Å². The normalized spacial score (nSPS) is 15.9. The van der Waals surface area contributed by atoms with Crippen LogP contribution in [-0.2, 0) is 0 Å². The van der Waals surface area contributed by atoms with Crippen LogP contribution in [0.15, 0.2) is 28.8 Å². The number of benzene rings is 1. The lowest BCUT2D eigenvalue weighted by Crippen LogP contribution is -2.51. The first-order valence-electron chi connectivity index (χ1n) is 10.1. The summed E-state index contributed by atoms with van der Waals surface area (Å²) in [6.07, 6.45) is -0.590. The first-order valence-corrected chi connectivity index (χ1v) is 10.5. The van der Waals surface area contributed by atoms with E-state index in [0.29, 0.717) is 23.4 Å². The van der Waals surface area contributed by atoms with Gasteiger partial charge in [0.15, 0.2) is 0 Å². The van der Waals surface area contributed by atoms with Crippen molar-refractivity contribution in [1.29, 1.82) is 0 Å². The Hall–Kier alpha value is -2.35. The van der Waals surface area contributed by atoms with E-state index in [2.05, 4.69) is 32.8 Å². The van der Waals surface area contributed by atoms with E-state index in [1.807, 2.05) is 32.9 Å². The molecule has 0 spiro atoms. The molecule has 7 nitrogen and oxygen atoms in total. The molecule has 30 heavy (non-hydrogen) atoms. The van der Waals surface area contributed by atoms with Crippen molar-refractivity contribution in [2.24, 2.45) is 0 Å². The van der Waals surface area contributed by atoms with Crippen LogP contribution in [0.3, 0.4) is 0 Å². The van der Waals surface area contributed by atoms with Crippen molar-refractivity contribution in [3.05, 3.63) is 52.1 Å². The van der Waals surface area contributed by atoms with Crippen molar-refractivity contribution >= 4 is 11.6 Å². The minimum absolute atomic E-state index is 0.197. The summed E-state index contributed by atoms with van der Waals surface area (Å²) in [6.45, 7) is 10.4. The number of aromatic nitrogens is 3. The van der Waals surface area contributed by atoms with Gasteiger partial charge in [-0.2, -0.15) is 5.10 Å². The van der Waals surface area contributed by atoms with Crippen LogP contribution < -0.4 is 4.74 Å². The number of hydrogen-bond donors (Lipinski definition) is 1. The number of hydrogen-bond acceptors (Lipinski definition) is 6. The highest BCUT2D eigenvalue weighted by Gasteiger charge is 2.31. The summed E-state index contributed by atoms with van der Waals surface area (Å²) < 4.78 is 13.2. The quantitative estimate of drug-likeness (QED) is 0.615. The summed E-state index contributed by atoms with van der Waals surface area (Å²) >= 11 is 6.28. The van der Waals surface area contributed by atoms with Gasteiger partial charge in [-0.15, -0.1) is 0 Å². The van der Waals surface area contributed by atoms with Crippen LogP contribution in [-0.4, -0.2) is 57.3 Å². The molecule has 2 aromatic heterocycles. The third kappa shape index (κ3) is 4.38. The highest BCUT2D eigenvalue weighted by molar-refractivity contribution is 6.31. The van der Waals surface area contributed by atoms with E-state index in [4.69, 9.17) is 20.9 Å². The number of aliphatic hydroxyl groups is 1. The lowest BCUT2D eigenvalue weighted by Gasteiger charge is -2.40. The van der Waals surface area contributed by atoms with Gasteiger partial charge in [0.05, 0.1) is 17.4 Å². The molecular formula is C22H27ClN4O3. The molecule has 8 heteroatoms. The van der Waals surface area contributed by atoms with E-state index >= 15 is 0 Å². The number of halogens is 1. The molecular weight excluding hydrogens is 404 g/mol. The highest BCUT2D eigenvalue weighted by Crippen LogP contribution is 2.32. The zero-order valence-electron chi connectivity index (χ0n) is 17.7. The number of aliphatic hydroxyl groups excluding tert-OH is 1. The van der Waals surface area contributed by atoms with Crippen LogP contribution in [0.4, 0.5) is 0 Å². The average molecular weight is 431 g/mol. The molecule has 4 rings (SSSR count). The second kappa shape index (κ2) is 8.41. The lowest BCUT2D eigenvalue weighted by molar-refractivity contribution is 0.0199. The van der Waals surface area contributed by atoms with Gasteiger partial charge < -0.3 is 14.4 Å². The van der Waals surface area contributed by atoms with Gasteiger partial charge in [-0.1, -0.05) is 16.8 Å². The summed E-state index contributed by atoms with van der Waals surface area (Å²) in [5, 5.41) is 19.5. The van der Waals surface area contributed by atoms with Gasteiger partial charge in [0.2, 0.25) is 0 Å². The number of ether oxygens (including phenoxy) is 1. The number of rotatable bonds is 7. The maximum Gasteiger partial charge on any atom is 0.141 e. The van der Waals surface area contributed by atoms with Crippen LogP contribution in [0.1, 0.15) is 28.9 Å². The number of aryl methyl sites for hydroxylation is 4. The molecule has 3 aromatic rings. The Morgan fingerprint density at radius 2 is 1.97 bits per heavy atom. The highest BCUT2D eigenvalue weighted by atomic mass is 35.5. The van der Waals surface area contributed by atoms with Crippen LogP contribution in [0, 0.1) is 27.7 Å². The SMILES string of the molecule is Cc1cc(C)n(C2CN(CC(O)COc3cc(Cl)cc(-c4c(C)noc4C)c3)C2)n1. The molecule has 0 aliphatic carbocycles. The molecule has 0 bridgehead atoms. The Kier molecular flexibility index (Phi) is 5.86. The molecule has 1 N–H and O–H groups in total. The Morgan fingerprint density at radius 1 is 1.20 bits per heavy atom. The van der Waals surface area contributed by atoms with E-state index in [1.165, 1.54) is 5.69 Å². The fourth-order valence-corrected chi connectivity index (χ4v) is 4.32. The van der Waals surface area contributed by atoms with Gasteiger partial charge in [0, 0.05) is 35.9 Å². The summed E-state index contributed by atoms with van der Waals surface area (Å²) in [5.74, 6) is 1.34. The summed E-state index contributed by atoms with van der Waals surface area (Å²) in [5.41, 5.74) is 4.82. The number of likely N-dealkylation sites (tertiary alicyclic amines) is 1. The van der Waals surface area contributed by atoms with E-state index in [1.54, 1.807) is 6.07 Å². The molecule has 1 fully saturated rings. The standard InChI is InChI=1S/C22H27ClN4O3/c1-13-5-14(2)27(24-13)19-9-26(10-19)11-20(28)12-29-21-7-17(6-18(23)8-21)22-15(3)25-30-16(22)4/h5-8,19-20,28H,9-12H2,1-4H3. The summed E-state index contributed by atoms with van der Waals surface area (Å²) in [7, 11) is 0. The molecule has 1 saturated heterocycles. The first-order chi connectivity index (χ1) is 14.3. The van der Waals surface area contributed by atoms with E-state index in [0.717, 1.165) is 41.4 Å². The fourth-order valence-electron chi connectivity index (χ4n) is 4.09. The first kappa shape index (κ1) is 20.9. The lowest BCUT2D eigenvalue weighted by atomic mass is 10.0. The molecule has 3 heterocycles. The van der Waals surface area contributed by atoms with Gasteiger partial charge in [-0.25, -0.2) is 0 Å². The number of β-amino-alcohol motifs (C(OH)–C–C–N with tert-alkyl or cyclic N) is 1. The average Bonchev–Trinajstić information content (AvgIpc) is 3.16. The monoisotopic (exact) mass is 430 g/mol. The Balaban J connectivity index is 1.31. The minimum Gasteiger partial charge on any atom is -0.491 e. The third-order valence-corrected chi connectivity index (χ3v) is 5.65. The topological polar surface area (TPSA) is 76.5 Å². The van der Waals surface area contributed by atoms with Crippen LogP contribution in [0.25, 0.3) is 11.1 Å². The van der Waals surface area contributed by atoms with Crippen molar-refractivity contribution in [1.82, 2.24) is 19.8 Å². The van der Waals surface area contributed by atoms with Gasteiger partial charge >= 0.3 is 0 Å². The van der Waals surface area contributed by atoms with Gasteiger partial charge in [-0.05, 0) is 57.5 Å². The maximum atomic E-state index is 10.4. The van der Waals surface area contributed by atoms with E-state index < -0.39 is 6.10 Å². The number of nitrogens with zero attached hydrogens (tertiary/aromatic N) is 4. The molecule has 0 amide bonds. The molecule has 1 atom stereocenters. The van der Waals surface area contributed by atoms with Gasteiger partial charge in [-0.3, -0.25) is 9.58 Å². The second-order valence-corrected chi connectivity index (χ2v) is 8.52. The molecule has 1 aliphatic rings. The largest absolute Gasteiger partial charge is 0.491 e. The van der Waals surface area contributed by atoms with E-state index in [-0.39, 0.29) is 6.61 Å². The van der Waals surface area contributed by atoms with Crippen molar-refractivity contribution < 1.29 is 14.4 Å². The van der Waals surface area contributed by atoms with Crippen molar-refractivity contribution in [3.63, 3.8) is 0 Å². The summed E-state index contributed by atoms with van der Waals surface area (Å²) in [6, 6.07) is 7.97. The predicted octanol–water partition coefficient (Wildman–Crippen LogP) is 3.72. The fraction of sp³-hybridized carbons (Fsp3) is 0.455. The van der Waals surface area contributed by atoms with Crippen molar-refractivity contribution in [2.45, 2.75) is 39.8 Å². The zero-order chi connectivity index (χ0) is 21.4. The molecule has 0 radical (unpaired) electrons. The Labute approximate surface area is 181 Å². The third-order valence-electron chi connectivity index (χ3n) is 5.43. The minimum atomic E-state index is -0.590. The van der Waals surface area contributed by atoms with E-state index in [9.17, 15) is 5.11 Å². The smallest absolute Gasteiger partial charge is 0.141 e. The second-order valence-electron chi connectivity index (χ2n) is 8.08. The Morgan fingerprint density at radius 3 is 2.60 bits per heavy atom. The predicted molar refractivity (Wildman–Crippen MR) is 115 cm³/mol. The molecule has 1 unspecified atom stereocenters. The Bertz CT molecular complexity index is 1020. The molecule has 1 aliphatic heterocycles. The van der Waals surface area contributed by atoms with Crippen LogP contribution in [0.5, 0.6) is 5.75 Å². The zero-order valence-corrected chi connectivity index (χ0v) is 18.5. The molecule has 1 aromatic carbocycles.